The van der Waals surface area contributed by atoms with Crippen LogP contribution in [0, 0.1) is 0 Å². The predicted octanol–water partition coefficient (Wildman–Crippen LogP) is 4.14. The molecule has 2 heterocycles. The van der Waals surface area contributed by atoms with Gasteiger partial charge in [0, 0.05) is 11.1 Å². The van der Waals surface area contributed by atoms with Gasteiger partial charge in [0.25, 0.3) is 0 Å². The summed E-state index contributed by atoms with van der Waals surface area (Å²) in [6, 6.07) is 9.62. The summed E-state index contributed by atoms with van der Waals surface area (Å²) in [5, 5.41) is 9.57. The molecule has 0 N–H and O–H groups in total. The summed E-state index contributed by atoms with van der Waals surface area (Å²) in [7, 11) is 0. The highest BCUT2D eigenvalue weighted by Crippen LogP contribution is 2.23. The summed E-state index contributed by atoms with van der Waals surface area (Å²) in [5.74, 6) is 1.32. The first-order valence-corrected chi connectivity index (χ1v) is 7.21. The van der Waals surface area contributed by atoms with Crippen LogP contribution in [0.1, 0.15) is 5.56 Å². The van der Waals surface area contributed by atoms with Crippen molar-refractivity contribution in [3.8, 4) is 17.2 Å². The third-order valence-electron chi connectivity index (χ3n) is 2.49. The lowest BCUT2D eigenvalue weighted by Crippen LogP contribution is -1.93. The van der Waals surface area contributed by atoms with Crippen molar-refractivity contribution in [1.29, 1.82) is 0 Å². The number of halogens is 1. The molecule has 3 rings (SSSR count). The fourth-order valence-corrected chi connectivity index (χ4v) is 2.77. The van der Waals surface area contributed by atoms with Gasteiger partial charge in [0.05, 0.1) is 3.79 Å². The van der Waals surface area contributed by atoms with E-state index in [1.165, 1.54) is 6.39 Å². The Kier molecular flexibility index (Phi) is 3.61. The van der Waals surface area contributed by atoms with E-state index in [2.05, 4.69) is 37.6 Å². The predicted molar refractivity (Wildman–Crippen MR) is 76.1 cm³/mol. The van der Waals surface area contributed by atoms with Crippen LogP contribution in [0.2, 0.25) is 0 Å². The monoisotopic (exact) mass is 336 g/mol. The van der Waals surface area contributed by atoms with E-state index in [1.54, 1.807) is 11.3 Å². The molecular weight excluding hydrogens is 328 g/mol. The van der Waals surface area contributed by atoms with Crippen molar-refractivity contribution in [3.63, 3.8) is 0 Å². The molecule has 19 heavy (non-hydrogen) atoms. The highest BCUT2D eigenvalue weighted by atomic mass is 79.9. The van der Waals surface area contributed by atoms with Crippen LogP contribution in [0.4, 0.5) is 0 Å². The fourth-order valence-electron chi connectivity index (χ4n) is 1.58. The minimum Gasteiger partial charge on any atom is -0.489 e. The number of aromatic nitrogens is 2. The summed E-state index contributed by atoms with van der Waals surface area (Å²) in [4.78, 5) is 0. The van der Waals surface area contributed by atoms with Crippen molar-refractivity contribution in [2.45, 2.75) is 6.61 Å². The maximum absolute atomic E-state index is 5.70. The molecule has 6 heteroatoms. The third kappa shape index (κ3) is 3.02. The van der Waals surface area contributed by atoms with Crippen molar-refractivity contribution in [2.75, 3.05) is 0 Å². The van der Waals surface area contributed by atoms with Gasteiger partial charge in [-0.2, -0.15) is 0 Å². The molecule has 0 radical (unpaired) electrons. The van der Waals surface area contributed by atoms with Gasteiger partial charge in [-0.1, -0.05) is 0 Å². The van der Waals surface area contributed by atoms with Crippen LogP contribution in [0.3, 0.4) is 0 Å². The Morgan fingerprint density at radius 3 is 2.74 bits per heavy atom. The standard InChI is InChI=1S/C13H9BrN2O2S/c14-12-5-9(7-19-12)6-17-11-3-1-10(2-4-11)13-16-15-8-18-13/h1-5,7-8H,6H2. The maximum atomic E-state index is 5.70. The van der Waals surface area contributed by atoms with Gasteiger partial charge in [-0.15, -0.1) is 21.5 Å². The van der Waals surface area contributed by atoms with E-state index < -0.39 is 0 Å². The lowest BCUT2D eigenvalue weighted by molar-refractivity contribution is 0.306. The molecule has 1 aromatic carbocycles. The summed E-state index contributed by atoms with van der Waals surface area (Å²) in [6.45, 7) is 0.558. The number of rotatable bonds is 4. The van der Waals surface area contributed by atoms with Crippen LogP contribution in [-0.2, 0) is 6.61 Å². The maximum Gasteiger partial charge on any atom is 0.247 e. The molecule has 0 aliphatic carbocycles. The first-order chi connectivity index (χ1) is 9.31. The van der Waals surface area contributed by atoms with Gasteiger partial charge < -0.3 is 9.15 Å². The number of benzene rings is 1. The third-order valence-corrected chi connectivity index (χ3v) is 4.04. The molecule has 2 aromatic heterocycles. The zero-order valence-electron chi connectivity index (χ0n) is 9.75. The Balaban J connectivity index is 1.66. The molecule has 96 valence electrons. The molecule has 0 saturated heterocycles. The van der Waals surface area contributed by atoms with E-state index in [0.29, 0.717) is 12.5 Å². The second-order valence-electron chi connectivity index (χ2n) is 3.82. The van der Waals surface area contributed by atoms with Crippen molar-refractivity contribution >= 4 is 27.3 Å². The molecule has 4 nitrogen and oxygen atoms in total. The quantitative estimate of drug-likeness (QED) is 0.718. The van der Waals surface area contributed by atoms with E-state index in [9.17, 15) is 0 Å². The summed E-state index contributed by atoms with van der Waals surface area (Å²) in [6.07, 6.45) is 1.31. The highest BCUT2D eigenvalue weighted by Gasteiger charge is 2.04. The minimum atomic E-state index is 0.508. The first kappa shape index (κ1) is 12.4. The molecule has 0 fully saturated rings. The average Bonchev–Trinajstić information content (AvgIpc) is 3.08. The van der Waals surface area contributed by atoms with Crippen LogP contribution >= 0.6 is 27.3 Å². The molecule has 0 unspecified atom stereocenters. The largest absolute Gasteiger partial charge is 0.489 e. The normalized spacial score (nSPS) is 10.6. The Labute approximate surface area is 122 Å². The van der Waals surface area contributed by atoms with Crippen LogP contribution in [0.15, 0.2) is 50.3 Å². The molecule has 0 saturated carbocycles. The molecular formula is C13H9BrN2O2S. The SMILES string of the molecule is Brc1cc(COc2ccc(-c3nnco3)cc2)cs1. The van der Waals surface area contributed by atoms with E-state index >= 15 is 0 Å². The number of ether oxygens (including phenoxy) is 1. The Morgan fingerprint density at radius 1 is 1.26 bits per heavy atom. The van der Waals surface area contributed by atoms with Crippen LogP contribution in [-0.4, -0.2) is 10.2 Å². The highest BCUT2D eigenvalue weighted by molar-refractivity contribution is 9.11. The summed E-state index contributed by atoms with van der Waals surface area (Å²) < 4.78 is 11.9. The topological polar surface area (TPSA) is 48.2 Å². The lowest BCUT2D eigenvalue weighted by atomic mass is 10.2. The Morgan fingerprint density at radius 2 is 2.11 bits per heavy atom. The van der Waals surface area contributed by atoms with E-state index in [4.69, 9.17) is 9.15 Å². The second-order valence-corrected chi connectivity index (χ2v) is 6.11. The van der Waals surface area contributed by atoms with Crippen LogP contribution < -0.4 is 4.74 Å². The van der Waals surface area contributed by atoms with Crippen LogP contribution in [0.25, 0.3) is 11.5 Å². The molecule has 0 bridgehead atoms. The molecule has 0 aliphatic heterocycles. The van der Waals surface area contributed by atoms with Crippen molar-refractivity contribution in [2.24, 2.45) is 0 Å². The number of hydrogen-bond donors (Lipinski definition) is 0. The van der Waals surface area contributed by atoms with Crippen molar-refractivity contribution in [3.05, 3.63) is 51.5 Å². The summed E-state index contributed by atoms with van der Waals surface area (Å²) >= 11 is 5.08. The van der Waals surface area contributed by atoms with Gasteiger partial charge in [-0.05, 0) is 51.6 Å². The van der Waals surface area contributed by atoms with Crippen LogP contribution in [0.5, 0.6) is 5.75 Å². The molecule has 0 amide bonds. The van der Waals surface area contributed by atoms with Gasteiger partial charge in [0.1, 0.15) is 12.4 Å². The fraction of sp³-hybridized carbons (Fsp3) is 0.0769. The molecule has 3 aromatic rings. The molecule has 0 aliphatic rings. The van der Waals surface area contributed by atoms with Crippen molar-refractivity contribution < 1.29 is 9.15 Å². The molecule has 0 atom stereocenters. The van der Waals surface area contributed by atoms with E-state index in [1.807, 2.05) is 24.3 Å². The number of thiophene rings is 1. The van der Waals surface area contributed by atoms with Gasteiger partial charge in [0.2, 0.25) is 12.3 Å². The smallest absolute Gasteiger partial charge is 0.247 e. The van der Waals surface area contributed by atoms with E-state index in [-0.39, 0.29) is 0 Å². The van der Waals surface area contributed by atoms with Gasteiger partial charge >= 0.3 is 0 Å². The van der Waals surface area contributed by atoms with Crippen molar-refractivity contribution in [1.82, 2.24) is 10.2 Å². The summed E-state index contributed by atoms with van der Waals surface area (Å²) in [5.41, 5.74) is 2.03. The van der Waals surface area contributed by atoms with Gasteiger partial charge in [-0.25, -0.2) is 0 Å². The van der Waals surface area contributed by atoms with Gasteiger partial charge in [-0.3, -0.25) is 0 Å². The Bertz CT molecular complexity index is 650. The average molecular weight is 337 g/mol. The first-order valence-electron chi connectivity index (χ1n) is 5.53. The second kappa shape index (κ2) is 5.54. The van der Waals surface area contributed by atoms with E-state index in [0.717, 1.165) is 20.7 Å². The molecule has 0 spiro atoms. The minimum absolute atomic E-state index is 0.508. The Hall–Kier alpha value is -1.66. The zero-order chi connectivity index (χ0) is 13.1. The van der Waals surface area contributed by atoms with Gasteiger partial charge in [0.15, 0.2) is 0 Å². The zero-order valence-corrected chi connectivity index (χ0v) is 12.1. The number of nitrogens with zero attached hydrogens (tertiary/aromatic N) is 2. The number of hydrogen-bond acceptors (Lipinski definition) is 5. The lowest BCUT2D eigenvalue weighted by Gasteiger charge is -2.04.